The predicted molar refractivity (Wildman–Crippen MR) is 64.6 cm³/mol. The number of rotatable bonds is 4. The minimum absolute atomic E-state index is 0.0409. The Kier molecular flexibility index (Phi) is 4.45. The highest BCUT2D eigenvalue weighted by Gasteiger charge is 2.07. The van der Waals surface area contributed by atoms with Gasteiger partial charge in [-0.3, -0.25) is 4.79 Å². The number of carbonyl (C=O) groups excluding carboxylic acids is 1. The molecule has 1 N–H and O–H groups in total. The molecule has 0 aromatic heterocycles. The number of nitrogens with zero attached hydrogens (tertiary/aromatic N) is 1. The SMILES string of the molecule is CCC(/C=C(\C(C)=O)c1ccccc1)=N\O. The summed E-state index contributed by atoms with van der Waals surface area (Å²) in [4.78, 5) is 11.5. The van der Waals surface area contributed by atoms with E-state index in [1.165, 1.54) is 6.92 Å². The Labute approximate surface area is 95.1 Å². The van der Waals surface area contributed by atoms with E-state index in [0.29, 0.717) is 17.7 Å². The van der Waals surface area contributed by atoms with Crippen LogP contribution in [0.1, 0.15) is 25.8 Å². The van der Waals surface area contributed by atoms with Crippen molar-refractivity contribution >= 4 is 17.1 Å². The van der Waals surface area contributed by atoms with E-state index in [1.54, 1.807) is 6.08 Å². The van der Waals surface area contributed by atoms with Gasteiger partial charge in [0.1, 0.15) is 0 Å². The van der Waals surface area contributed by atoms with Crippen molar-refractivity contribution in [2.45, 2.75) is 20.3 Å². The summed E-state index contributed by atoms with van der Waals surface area (Å²) in [5, 5.41) is 11.9. The monoisotopic (exact) mass is 217 g/mol. The van der Waals surface area contributed by atoms with Crippen LogP contribution < -0.4 is 0 Å². The van der Waals surface area contributed by atoms with E-state index in [2.05, 4.69) is 5.16 Å². The van der Waals surface area contributed by atoms with Gasteiger partial charge in [0.05, 0.1) is 5.71 Å². The van der Waals surface area contributed by atoms with Gasteiger partial charge in [0.25, 0.3) is 0 Å². The Hall–Kier alpha value is -1.90. The lowest BCUT2D eigenvalue weighted by Gasteiger charge is -2.04. The number of benzene rings is 1. The first kappa shape index (κ1) is 12.2. The van der Waals surface area contributed by atoms with E-state index in [4.69, 9.17) is 5.21 Å². The second kappa shape index (κ2) is 5.85. The normalized spacial score (nSPS) is 12.6. The van der Waals surface area contributed by atoms with Crippen LogP contribution in [0.2, 0.25) is 0 Å². The van der Waals surface area contributed by atoms with E-state index in [0.717, 1.165) is 5.56 Å². The quantitative estimate of drug-likeness (QED) is 0.365. The number of Topliss-reactive ketones (excluding diaryl/α,β-unsaturated/α-hetero) is 1. The topological polar surface area (TPSA) is 49.7 Å². The van der Waals surface area contributed by atoms with Gasteiger partial charge in [-0.05, 0) is 25.0 Å². The van der Waals surface area contributed by atoms with Gasteiger partial charge < -0.3 is 5.21 Å². The summed E-state index contributed by atoms with van der Waals surface area (Å²) in [6.07, 6.45) is 2.21. The molecule has 0 saturated heterocycles. The molecule has 0 amide bonds. The van der Waals surface area contributed by atoms with Crippen LogP contribution in [0, 0.1) is 0 Å². The van der Waals surface area contributed by atoms with Crippen molar-refractivity contribution in [1.82, 2.24) is 0 Å². The minimum atomic E-state index is -0.0409. The average molecular weight is 217 g/mol. The molecule has 3 heteroatoms. The van der Waals surface area contributed by atoms with Crippen molar-refractivity contribution in [3.8, 4) is 0 Å². The first-order valence-corrected chi connectivity index (χ1v) is 5.18. The first-order chi connectivity index (χ1) is 7.69. The van der Waals surface area contributed by atoms with E-state index in [-0.39, 0.29) is 5.78 Å². The van der Waals surface area contributed by atoms with Crippen molar-refractivity contribution in [1.29, 1.82) is 0 Å². The first-order valence-electron chi connectivity index (χ1n) is 5.18. The van der Waals surface area contributed by atoms with E-state index >= 15 is 0 Å². The highest BCUT2D eigenvalue weighted by molar-refractivity contribution is 6.24. The van der Waals surface area contributed by atoms with Crippen LogP contribution in [0.15, 0.2) is 41.6 Å². The number of oxime groups is 1. The lowest BCUT2D eigenvalue weighted by molar-refractivity contribution is -0.111. The standard InChI is InChI=1S/C13H15NO2/c1-3-12(14-16)9-13(10(2)15)11-7-5-4-6-8-11/h4-9,16H,3H2,1-2H3/b13-9+,14-12+. The summed E-state index contributed by atoms with van der Waals surface area (Å²) in [7, 11) is 0. The Morgan fingerprint density at radius 2 is 2.00 bits per heavy atom. The lowest BCUT2D eigenvalue weighted by Crippen LogP contribution is -2.00. The molecule has 0 unspecified atom stereocenters. The zero-order chi connectivity index (χ0) is 12.0. The van der Waals surface area contributed by atoms with Gasteiger partial charge in [0.15, 0.2) is 5.78 Å². The van der Waals surface area contributed by atoms with Gasteiger partial charge in [-0.15, -0.1) is 0 Å². The second-order valence-corrected chi connectivity index (χ2v) is 3.43. The van der Waals surface area contributed by atoms with Crippen LogP contribution in [0.3, 0.4) is 0 Å². The number of carbonyl (C=O) groups is 1. The number of ketones is 1. The fourth-order valence-corrected chi connectivity index (χ4v) is 1.37. The molecule has 3 nitrogen and oxygen atoms in total. The average Bonchev–Trinajstić information content (AvgIpc) is 2.31. The molecule has 1 aromatic carbocycles. The summed E-state index contributed by atoms with van der Waals surface area (Å²) in [6, 6.07) is 9.35. The molecule has 0 heterocycles. The van der Waals surface area contributed by atoms with Crippen molar-refractivity contribution in [3.63, 3.8) is 0 Å². The Morgan fingerprint density at radius 3 is 2.44 bits per heavy atom. The van der Waals surface area contributed by atoms with Gasteiger partial charge >= 0.3 is 0 Å². The van der Waals surface area contributed by atoms with E-state index in [9.17, 15) is 4.79 Å². The molecule has 16 heavy (non-hydrogen) atoms. The molecule has 0 bridgehead atoms. The predicted octanol–water partition coefficient (Wildman–Crippen LogP) is 2.90. The van der Waals surface area contributed by atoms with Crippen LogP contribution in [-0.2, 0) is 4.79 Å². The highest BCUT2D eigenvalue weighted by Crippen LogP contribution is 2.15. The molecule has 0 saturated carbocycles. The minimum Gasteiger partial charge on any atom is -0.411 e. The van der Waals surface area contributed by atoms with Crippen molar-refractivity contribution < 1.29 is 10.0 Å². The fraction of sp³-hybridized carbons (Fsp3) is 0.231. The summed E-state index contributed by atoms with van der Waals surface area (Å²) >= 11 is 0. The maximum atomic E-state index is 11.5. The molecule has 0 aliphatic rings. The fourth-order valence-electron chi connectivity index (χ4n) is 1.37. The highest BCUT2D eigenvalue weighted by atomic mass is 16.4. The van der Waals surface area contributed by atoms with Crippen molar-refractivity contribution in [2.24, 2.45) is 5.16 Å². The van der Waals surface area contributed by atoms with Crippen LogP contribution in [-0.4, -0.2) is 16.7 Å². The zero-order valence-electron chi connectivity index (χ0n) is 9.47. The second-order valence-electron chi connectivity index (χ2n) is 3.43. The molecule has 0 aliphatic heterocycles. The van der Waals surface area contributed by atoms with Gasteiger partial charge in [-0.1, -0.05) is 42.4 Å². The third kappa shape index (κ3) is 3.05. The smallest absolute Gasteiger partial charge is 0.160 e. The van der Waals surface area contributed by atoms with Gasteiger partial charge in [0.2, 0.25) is 0 Å². The van der Waals surface area contributed by atoms with Crippen molar-refractivity contribution in [2.75, 3.05) is 0 Å². The summed E-state index contributed by atoms with van der Waals surface area (Å²) < 4.78 is 0. The Morgan fingerprint density at radius 1 is 1.38 bits per heavy atom. The molecular weight excluding hydrogens is 202 g/mol. The lowest BCUT2D eigenvalue weighted by atomic mass is 10.0. The summed E-state index contributed by atoms with van der Waals surface area (Å²) in [5.74, 6) is -0.0409. The van der Waals surface area contributed by atoms with E-state index in [1.807, 2.05) is 37.3 Å². The molecule has 0 fully saturated rings. The molecule has 0 atom stereocenters. The maximum Gasteiger partial charge on any atom is 0.160 e. The molecule has 0 spiro atoms. The molecule has 0 radical (unpaired) electrons. The van der Waals surface area contributed by atoms with Gasteiger partial charge in [0, 0.05) is 5.57 Å². The Balaban J connectivity index is 3.16. The molecule has 0 aliphatic carbocycles. The van der Waals surface area contributed by atoms with Crippen LogP contribution in [0.4, 0.5) is 0 Å². The molecule has 1 rings (SSSR count). The molecule has 84 valence electrons. The largest absolute Gasteiger partial charge is 0.411 e. The molecular formula is C13H15NO2. The maximum absolute atomic E-state index is 11.5. The molecule has 1 aromatic rings. The van der Waals surface area contributed by atoms with Crippen LogP contribution in [0.25, 0.3) is 5.57 Å². The number of allylic oxidation sites excluding steroid dienone is 2. The van der Waals surface area contributed by atoms with Crippen molar-refractivity contribution in [3.05, 3.63) is 42.0 Å². The zero-order valence-corrected chi connectivity index (χ0v) is 9.47. The third-order valence-corrected chi connectivity index (χ3v) is 2.27. The number of hydrogen-bond acceptors (Lipinski definition) is 3. The summed E-state index contributed by atoms with van der Waals surface area (Å²) in [5.41, 5.74) is 1.90. The van der Waals surface area contributed by atoms with E-state index < -0.39 is 0 Å². The van der Waals surface area contributed by atoms with Crippen LogP contribution in [0.5, 0.6) is 0 Å². The van der Waals surface area contributed by atoms with Gasteiger partial charge in [-0.2, -0.15) is 0 Å². The van der Waals surface area contributed by atoms with Crippen LogP contribution >= 0.6 is 0 Å². The summed E-state index contributed by atoms with van der Waals surface area (Å²) in [6.45, 7) is 3.37. The van der Waals surface area contributed by atoms with Gasteiger partial charge in [-0.25, -0.2) is 0 Å². The third-order valence-electron chi connectivity index (χ3n) is 2.27. The number of hydrogen-bond donors (Lipinski definition) is 1. The Bertz CT molecular complexity index is 419.